The van der Waals surface area contributed by atoms with E-state index in [1.54, 1.807) is 24.3 Å². The lowest BCUT2D eigenvalue weighted by atomic mass is 10.1. The summed E-state index contributed by atoms with van der Waals surface area (Å²) in [4.78, 5) is 22.6. The predicted molar refractivity (Wildman–Crippen MR) is 87.1 cm³/mol. The van der Waals surface area contributed by atoms with Gasteiger partial charge in [0.25, 0.3) is 5.91 Å². The molecule has 3 amide bonds. The van der Waals surface area contributed by atoms with Gasteiger partial charge in [0.05, 0.1) is 6.54 Å². The Hall–Kier alpha value is -3.02. The Bertz CT molecular complexity index is 642. The SMILES string of the molecule is NC(=O)NCc1ccc(C(=O)NCCOc2ccccc2)cc1. The summed E-state index contributed by atoms with van der Waals surface area (Å²) in [7, 11) is 0. The second-order valence-electron chi connectivity index (χ2n) is 4.83. The number of hydrogen-bond donors (Lipinski definition) is 3. The summed E-state index contributed by atoms with van der Waals surface area (Å²) in [5.74, 6) is 0.601. The molecule has 0 atom stereocenters. The first-order valence-corrected chi connectivity index (χ1v) is 7.23. The average molecular weight is 313 g/mol. The fraction of sp³-hybridized carbons (Fsp3) is 0.176. The molecule has 0 spiro atoms. The van der Waals surface area contributed by atoms with Gasteiger partial charge in [0.2, 0.25) is 0 Å². The molecular weight excluding hydrogens is 294 g/mol. The molecule has 0 heterocycles. The van der Waals surface area contributed by atoms with Crippen molar-refractivity contribution in [3.8, 4) is 5.75 Å². The van der Waals surface area contributed by atoms with Crippen LogP contribution in [0.2, 0.25) is 0 Å². The minimum absolute atomic E-state index is 0.170. The van der Waals surface area contributed by atoms with Crippen molar-refractivity contribution in [3.05, 3.63) is 65.7 Å². The smallest absolute Gasteiger partial charge is 0.312 e. The van der Waals surface area contributed by atoms with Gasteiger partial charge in [-0.1, -0.05) is 30.3 Å². The summed E-state index contributed by atoms with van der Waals surface area (Å²) < 4.78 is 5.50. The number of ether oxygens (including phenoxy) is 1. The van der Waals surface area contributed by atoms with Crippen molar-refractivity contribution in [2.75, 3.05) is 13.2 Å². The van der Waals surface area contributed by atoms with Gasteiger partial charge in [0.1, 0.15) is 12.4 Å². The number of para-hydroxylation sites is 1. The highest BCUT2D eigenvalue weighted by atomic mass is 16.5. The zero-order chi connectivity index (χ0) is 16.5. The quantitative estimate of drug-likeness (QED) is 0.679. The van der Waals surface area contributed by atoms with Gasteiger partial charge in [-0.2, -0.15) is 0 Å². The molecule has 120 valence electrons. The van der Waals surface area contributed by atoms with Crippen LogP contribution in [0.15, 0.2) is 54.6 Å². The zero-order valence-corrected chi connectivity index (χ0v) is 12.6. The maximum Gasteiger partial charge on any atom is 0.312 e. The van der Waals surface area contributed by atoms with Crippen LogP contribution in [-0.4, -0.2) is 25.1 Å². The second-order valence-corrected chi connectivity index (χ2v) is 4.83. The Morgan fingerprint density at radius 2 is 1.65 bits per heavy atom. The van der Waals surface area contributed by atoms with Gasteiger partial charge in [0, 0.05) is 12.1 Å². The van der Waals surface area contributed by atoms with E-state index in [9.17, 15) is 9.59 Å². The monoisotopic (exact) mass is 313 g/mol. The first-order valence-electron chi connectivity index (χ1n) is 7.23. The molecule has 2 aromatic carbocycles. The fourth-order valence-electron chi connectivity index (χ4n) is 1.92. The molecular formula is C17H19N3O3. The summed E-state index contributed by atoms with van der Waals surface area (Å²) >= 11 is 0. The van der Waals surface area contributed by atoms with Crippen LogP contribution in [0.4, 0.5) is 4.79 Å². The molecule has 0 saturated carbocycles. The molecule has 0 unspecified atom stereocenters. The third-order valence-electron chi connectivity index (χ3n) is 3.08. The molecule has 0 aliphatic rings. The lowest BCUT2D eigenvalue weighted by Crippen LogP contribution is -2.29. The van der Waals surface area contributed by atoms with Crippen molar-refractivity contribution in [1.82, 2.24) is 10.6 Å². The molecule has 6 nitrogen and oxygen atoms in total. The van der Waals surface area contributed by atoms with E-state index in [2.05, 4.69) is 10.6 Å². The van der Waals surface area contributed by atoms with Gasteiger partial charge in [0.15, 0.2) is 0 Å². The maximum absolute atomic E-state index is 12.0. The topological polar surface area (TPSA) is 93.5 Å². The van der Waals surface area contributed by atoms with Gasteiger partial charge < -0.3 is 21.1 Å². The van der Waals surface area contributed by atoms with E-state index in [0.717, 1.165) is 11.3 Å². The predicted octanol–water partition coefficient (Wildman–Crippen LogP) is 1.66. The number of amides is 3. The number of carbonyl (C=O) groups is 2. The van der Waals surface area contributed by atoms with Crippen molar-refractivity contribution in [2.45, 2.75) is 6.54 Å². The van der Waals surface area contributed by atoms with Crippen molar-refractivity contribution in [3.63, 3.8) is 0 Å². The first kappa shape index (κ1) is 16.4. The lowest BCUT2D eigenvalue weighted by molar-refractivity contribution is 0.0947. The summed E-state index contributed by atoms with van der Waals surface area (Å²) in [6.07, 6.45) is 0. The van der Waals surface area contributed by atoms with Crippen LogP contribution in [-0.2, 0) is 6.54 Å². The first-order chi connectivity index (χ1) is 11.1. The van der Waals surface area contributed by atoms with E-state index >= 15 is 0 Å². The lowest BCUT2D eigenvalue weighted by Gasteiger charge is -2.08. The third-order valence-corrected chi connectivity index (χ3v) is 3.08. The zero-order valence-electron chi connectivity index (χ0n) is 12.6. The minimum Gasteiger partial charge on any atom is -0.492 e. The Morgan fingerprint density at radius 1 is 0.957 bits per heavy atom. The second kappa shape index (κ2) is 8.43. The third kappa shape index (κ3) is 5.70. The minimum atomic E-state index is -0.578. The van der Waals surface area contributed by atoms with Crippen LogP contribution in [0, 0.1) is 0 Å². The van der Waals surface area contributed by atoms with Gasteiger partial charge in [-0.15, -0.1) is 0 Å². The number of benzene rings is 2. The van der Waals surface area contributed by atoms with E-state index in [4.69, 9.17) is 10.5 Å². The summed E-state index contributed by atoms with van der Waals surface area (Å²) in [5, 5.41) is 5.27. The Labute approximate surface area is 134 Å². The van der Waals surface area contributed by atoms with Crippen LogP contribution in [0.5, 0.6) is 5.75 Å². The number of nitrogens with one attached hydrogen (secondary N) is 2. The van der Waals surface area contributed by atoms with Crippen LogP contribution in [0.1, 0.15) is 15.9 Å². The fourth-order valence-corrected chi connectivity index (χ4v) is 1.92. The molecule has 4 N–H and O–H groups in total. The Kier molecular flexibility index (Phi) is 5.99. The summed E-state index contributed by atoms with van der Waals surface area (Å²) in [6.45, 7) is 1.15. The van der Waals surface area contributed by atoms with E-state index in [-0.39, 0.29) is 5.91 Å². The highest BCUT2D eigenvalue weighted by Crippen LogP contribution is 2.07. The van der Waals surface area contributed by atoms with Crippen molar-refractivity contribution in [2.24, 2.45) is 5.73 Å². The molecule has 6 heteroatoms. The van der Waals surface area contributed by atoms with Crippen molar-refractivity contribution < 1.29 is 14.3 Å². The summed E-state index contributed by atoms with van der Waals surface area (Å²) in [6, 6.07) is 15.8. The van der Waals surface area contributed by atoms with E-state index < -0.39 is 6.03 Å². The number of rotatable bonds is 7. The van der Waals surface area contributed by atoms with Crippen molar-refractivity contribution >= 4 is 11.9 Å². The normalized spacial score (nSPS) is 9.91. The number of primary amides is 1. The van der Waals surface area contributed by atoms with Crippen LogP contribution >= 0.6 is 0 Å². The van der Waals surface area contributed by atoms with Gasteiger partial charge in [-0.3, -0.25) is 4.79 Å². The molecule has 23 heavy (non-hydrogen) atoms. The van der Waals surface area contributed by atoms with E-state index in [1.807, 2.05) is 30.3 Å². The van der Waals surface area contributed by atoms with Crippen LogP contribution < -0.4 is 21.1 Å². The average Bonchev–Trinajstić information content (AvgIpc) is 2.58. The number of carbonyl (C=O) groups excluding carboxylic acids is 2. The van der Waals surface area contributed by atoms with Gasteiger partial charge in [-0.25, -0.2) is 4.79 Å². The highest BCUT2D eigenvalue weighted by Gasteiger charge is 2.05. The number of nitrogens with two attached hydrogens (primary N) is 1. The maximum atomic E-state index is 12.0. The largest absolute Gasteiger partial charge is 0.492 e. The van der Waals surface area contributed by atoms with Crippen LogP contribution in [0.3, 0.4) is 0 Å². The van der Waals surface area contributed by atoms with E-state index in [1.165, 1.54) is 0 Å². The molecule has 0 saturated heterocycles. The van der Waals surface area contributed by atoms with Crippen LogP contribution in [0.25, 0.3) is 0 Å². The van der Waals surface area contributed by atoms with Crippen molar-refractivity contribution in [1.29, 1.82) is 0 Å². The standard InChI is InChI=1S/C17H19N3O3/c18-17(22)20-12-13-6-8-14(9-7-13)16(21)19-10-11-23-15-4-2-1-3-5-15/h1-9H,10-12H2,(H,19,21)(H3,18,20,22). The molecule has 0 fully saturated rings. The molecule has 0 aromatic heterocycles. The molecule has 0 radical (unpaired) electrons. The Balaban J connectivity index is 1.73. The molecule has 0 bridgehead atoms. The van der Waals surface area contributed by atoms with E-state index in [0.29, 0.717) is 25.3 Å². The number of hydrogen-bond acceptors (Lipinski definition) is 3. The number of urea groups is 1. The van der Waals surface area contributed by atoms with Gasteiger partial charge >= 0.3 is 6.03 Å². The molecule has 2 rings (SSSR count). The molecule has 0 aliphatic heterocycles. The molecule has 2 aromatic rings. The van der Waals surface area contributed by atoms with Gasteiger partial charge in [-0.05, 0) is 29.8 Å². The molecule has 0 aliphatic carbocycles. The summed E-state index contributed by atoms with van der Waals surface area (Å²) in [5.41, 5.74) is 6.42. The highest BCUT2D eigenvalue weighted by molar-refractivity contribution is 5.94. The Morgan fingerprint density at radius 3 is 2.30 bits per heavy atom.